The van der Waals surface area contributed by atoms with Crippen molar-refractivity contribution < 1.29 is 17.9 Å². The van der Waals surface area contributed by atoms with Crippen LogP contribution in [0.25, 0.3) is 0 Å². The van der Waals surface area contributed by atoms with Gasteiger partial charge >= 0.3 is 6.18 Å². The van der Waals surface area contributed by atoms with Crippen LogP contribution in [-0.2, 0) is 12.6 Å². The van der Waals surface area contributed by atoms with E-state index in [2.05, 4.69) is 20.6 Å². The minimum Gasteiger partial charge on any atom is -0.497 e. The predicted octanol–water partition coefficient (Wildman–Crippen LogP) is 5.55. The van der Waals surface area contributed by atoms with Crippen LogP contribution in [0, 0.1) is 0 Å². The second-order valence-electron chi connectivity index (χ2n) is 5.98. The van der Waals surface area contributed by atoms with E-state index in [1.54, 1.807) is 24.3 Å². The van der Waals surface area contributed by atoms with Crippen LogP contribution in [0.2, 0.25) is 0 Å². The molecule has 5 nitrogen and oxygen atoms in total. The average Bonchev–Trinajstić information content (AvgIpc) is 2.68. The van der Waals surface area contributed by atoms with E-state index in [9.17, 15) is 13.2 Å². The molecule has 146 valence electrons. The second-order valence-corrected chi connectivity index (χ2v) is 5.98. The molecule has 1 aromatic heterocycles. The molecule has 2 N–H and O–H groups in total. The molecule has 0 aliphatic carbocycles. The lowest BCUT2D eigenvalue weighted by molar-refractivity contribution is -0.137. The van der Waals surface area contributed by atoms with E-state index in [1.807, 2.05) is 31.2 Å². The van der Waals surface area contributed by atoms with Gasteiger partial charge in [-0.05, 0) is 48.4 Å². The molecule has 0 spiro atoms. The number of aromatic nitrogens is 2. The molecule has 0 radical (unpaired) electrons. The number of halogens is 3. The summed E-state index contributed by atoms with van der Waals surface area (Å²) in [5, 5.41) is 5.64. The molecular formula is C20H19F3N4O. The molecule has 0 fully saturated rings. The summed E-state index contributed by atoms with van der Waals surface area (Å²) in [6.45, 7) is 2.04. The number of hydrogen-bond donors (Lipinski definition) is 2. The smallest absolute Gasteiger partial charge is 0.421 e. The zero-order chi connectivity index (χ0) is 20.1. The lowest BCUT2D eigenvalue weighted by Crippen LogP contribution is -2.12. The van der Waals surface area contributed by atoms with Gasteiger partial charge < -0.3 is 15.4 Å². The number of hydrogen-bond acceptors (Lipinski definition) is 5. The molecular weight excluding hydrogens is 369 g/mol. The lowest BCUT2D eigenvalue weighted by Gasteiger charge is -2.15. The van der Waals surface area contributed by atoms with Crippen molar-refractivity contribution in [2.75, 3.05) is 17.7 Å². The van der Waals surface area contributed by atoms with Crippen LogP contribution < -0.4 is 15.4 Å². The van der Waals surface area contributed by atoms with Gasteiger partial charge in [-0.2, -0.15) is 18.2 Å². The molecule has 3 aromatic rings. The molecule has 3 rings (SSSR count). The van der Waals surface area contributed by atoms with Gasteiger partial charge in [0.15, 0.2) is 0 Å². The number of anilines is 4. The van der Waals surface area contributed by atoms with Crippen molar-refractivity contribution in [1.29, 1.82) is 0 Å². The zero-order valence-electron chi connectivity index (χ0n) is 15.3. The first-order chi connectivity index (χ1) is 13.4. The number of methoxy groups -OCH3 is 1. The zero-order valence-corrected chi connectivity index (χ0v) is 15.3. The second kappa shape index (κ2) is 8.16. The highest BCUT2D eigenvalue weighted by molar-refractivity contribution is 5.63. The van der Waals surface area contributed by atoms with E-state index >= 15 is 0 Å². The van der Waals surface area contributed by atoms with Gasteiger partial charge in [0.05, 0.1) is 7.11 Å². The maximum Gasteiger partial charge on any atom is 0.421 e. The summed E-state index contributed by atoms with van der Waals surface area (Å²) in [4.78, 5) is 7.84. The predicted molar refractivity (Wildman–Crippen MR) is 102 cm³/mol. The van der Waals surface area contributed by atoms with Crippen LogP contribution in [0.1, 0.15) is 18.1 Å². The highest BCUT2D eigenvalue weighted by Gasteiger charge is 2.35. The van der Waals surface area contributed by atoms with Gasteiger partial charge in [-0.1, -0.05) is 19.1 Å². The van der Waals surface area contributed by atoms with Gasteiger partial charge in [-0.15, -0.1) is 0 Å². The third-order valence-corrected chi connectivity index (χ3v) is 4.07. The molecule has 0 amide bonds. The van der Waals surface area contributed by atoms with Gasteiger partial charge in [0, 0.05) is 17.6 Å². The Kier molecular flexibility index (Phi) is 5.67. The normalized spacial score (nSPS) is 11.2. The minimum absolute atomic E-state index is 0.0632. The maximum atomic E-state index is 13.4. The summed E-state index contributed by atoms with van der Waals surface area (Å²) in [7, 11) is 1.51. The third kappa shape index (κ3) is 4.70. The van der Waals surface area contributed by atoms with Gasteiger partial charge in [0.2, 0.25) is 5.95 Å². The van der Waals surface area contributed by atoms with Crippen molar-refractivity contribution in [2.24, 2.45) is 0 Å². The van der Waals surface area contributed by atoms with E-state index in [0.717, 1.165) is 18.2 Å². The van der Waals surface area contributed by atoms with Crippen molar-refractivity contribution in [3.8, 4) is 5.75 Å². The summed E-state index contributed by atoms with van der Waals surface area (Å²) in [6, 6.07) is 14.0. The summed E-state index contributed by atoms with van der Waals surface area (Å²) in [6.07, 6.45) is -2.93. The van der Waals surface area contributed by atoms with Crippen molar-refractivity contribution in [1.82, 2.24) is 9.97 Å². The summed E-state index contributed by atoms with van der Waals surface area (Å²) < 4.78 is 45.1. The van der Waals surface area contributed by atoms with Crippen LogP contribution in [0.15, 0.2) is 54.7 Å². The van der Waals surface area contributed by atoms with E-state index < -0.39 is 11.7 Å². The highest BCUT2D eigenvalue weighted by atomic mass is 19.4. The Balaban J connectivity index is 1.89. The van der Waals surface area contributed by atoms with Gasteiger partial charge in [-0.3, -0.25) is 0 Å². The summed E-state index contributed by atoms with van der Waals surface area (Å²) in [5.41, 5.74) is 1.34. The van der Waals surface area contributed by atoms with Crippen LogP contribution in [0.3, 0.4) is 0 Å². The molecule has 0 saturated carbocycles. The summed E-state index contributed by atoms with van der Waals surface area (Å²) in [5.74, 6) is 0.329. The Morgan fingerprint density at radius 3 is 2.11 bits per heavy atom. The van der Waals surface area contributed by atoms with Crippen LogP contribution in [0.4, 0.5) is 36.3 Å². The SMILES string of the molecule is CCc1ccc(Nc2ncc(C(F)(F)F)c(Nc3ccc(OC)cc3)n2)cc1. The van der Waals surface area contributed by atoms with E-state index in [-0.39, 0.29) is 11.8 Å². The van der Waals surface area contributed by atoms with Crippen LogP contribution >= 0.6 is 0 Å². The molecule has 8 heteroatoms. The monoisotopic (exact) mass is 388 g/mol. The fourth-order valence-electron chi connectivity index (χ4n) is 2.51. The molecule has 0 unspecified atom stereocenters. The fraction of sp³-hybridized carbons (Fsp3) is 0.200. The molecule has 1 heterocycles. The molecule has 0 aliphatic heterocycles. The highest BCUT2D eigenvalue weighted by Crippen LogP contribution is 2.35. The summed E-state index contributed by atoms with van der Waals surface area (Å²) >= 11 is 0. The first-order valence-corrected chi connectivity index (χ1v) is 8.60. The number of alkyl halides is 3. The largest absolute Gasteiger partial charge is 0.497 e. The molecule has 28 heavy (non-hydrogen) atoms. The number of nitrogens with zero attached hydrogens (tertiary/aromatic N) is 2. The number of nitrogens with one attached hydrogen (secondary N) is 2. The Morgan fingerprint density at radius 1 is 0.929 bits per heavy atom. The minimum atomic E-state index is -4.59. The van der Waals surface area contributed by atoms with Crippen LogP contribution in [0.5, 0.6) is 5.75 Å². The van der Waals surface area contributed by atoms with Crippen molar-refractivity contribution in [3.05, 3.63) is 65.9 Å². The topological polar surface area (TPSA) is 59.1 Å². The number of aryl methyl sites for hydroxylation is 1. The standard InChI is InChI=1S/C20H19F3N4O/c1-3-13-4-6-15(7-5-13)26-19-24-12-17(20(21,22)23)18(27-19)25-14-8-10-16(28-2)11-9-14/h4-12H,3H2,1-2H3,(H2,24,25,26,27). The molecule has 0 atom stereocenters. The van der Waals surface area contributed by atoms with Crippen molar-refractivity contribution in [3.63, 3.8) is 0 Å². The number of ether oxygens (including phenoxy) is 1. The molecule has 0 bridgehead atoms. The number of benzene rings is 2. The maximum absolute atomic E-state index is 13.4. The quantitative estimate of drug-likeness (QED) is 0.579. The van der Waals surface area contributed by atoms with Crippen molar-refractivity contribution in [2.45, 2.75) is 19.5 Å². The van der Waals surface area contributed by atoms with Crippen LogP contribution in [-0.4, -0.2) is 17.1 Å². The molecule has 0 saturated heterocycles. The molecule has 2 aromatic carbocycles. The fourth-order valence-corrected chi connectivity index (χ4v) is 2.51. The Labute approximate surface area is 160 Å². The third-order valence-electron chi connectivity index (χ3n) is 4.07. The van der Waals surface area contributed by atoms with Gasteiger partial charge in [-0.25, -0.2) is 4.98 Å². The Morgan fingerprint density at radius 2 is 1.54 bits per heavy atom. The van der Waals surface area contributed by atoms with E-state index in [0.29, 0.717) is 17.1 Å². The Bertz CT molecular complexity index is 926. The van der Waals surface area contributed by atoms with Gasteiger partial charge in [0.1, 0.15) is 17.1 Å². The first kappa shape index (κ1) is 19.5. The van der Waals surface area contributed by atoms with E-state index in [1.165, 1.54) is 7.11 Å². The number of rotatable bonds is 6. The Hall–Kier alpha value is -3.29. The first-order valence-electron chi connectivity index (χ1n) is 8.60. The van der Waals surface area contributed by atoms with Gasteiger partial charge in [0.25, 0.3) is 0 Å². The lowest BCUT2D eigenvalue weighted by atomic mass is 10.1. The molecule has 0 aliphatic rings. The van der Waals surface area contributed by atoms with Crippen molar-refractivity contribution >= 4 is 23.1 Å². The average molecular weight is 388 g/mol. The van der Waals surface area contributed by atoms with E-state index in [4.69, 9.17) is 4.74 Å².